The third-order valence-corrected chi connectivity index (χ3v) is 4.32. The topological polar surface area (TPSA) is 55.3 Å². The van der Waals surface area contributed by atoms with E-state index in [0.717, 1.165) is 16.9 Å². The minimum absolute atomic E-state index is 0.00447. The Labute approximate surface area is 119 Å². The molecule has 0 aliphatic carbocycles. The lowest BCUT2D eigenvalue weighted by atomic mass is 10.1. The first-order chi connectivity index (χ1) is 8.43. The number of carbonyl (C=O) groups excluding carboxylic acids is 1. The lowest BCUT2D eigenvalue weighted by Crippen LogP contribution is -2.55. The SMILES string of the molecule is Cc1nnsc1C(=O)N1CC(CBr)OC(C)(C)C1. The van der Waals surface area contributed by atoms with Crippen LogP contribution in [0.15, 0.2) is 0 Å². The number of amides is 1. The van der Waals surface area contributed by atoms with Crippen molar-refractivity contribution >= 4 is 33.4 Å². The third kappa shape index (κ3) is 2.89. The second kappa shape index (κ2) is 5.22. The number of hydrogen-bond acceptors (Lipinski definition) is 5. The van der Waals surface area contributed by atoms with E-state index in [1.807, 2.05) is 25.7 Å². The molecule has 1 aromatic rings. The van der Waals surface area contributed by atoms with Crippen LogP contribution >= 0.6 is 27.5 Å². The highest BCUT2D eigenvalue weighted by Crippen LogP contribution is 2.24. The Kier molecular flexibility index (Phi) is 4.03. The van der Waals surface area contributed by atoms with Gasteiger partial charge in [0.2, 0.25) is 0 Å². The molecule has 1 unspecified atom stereocenters. The van der Waals surface area contributed by atoms with Crippen molar-refractivity contribution < 1.29 is 9.53 Å². The zero-order valence-corrected chi connectivity index (χ0v) is 13.0. The van der Waals surface area contributed by atoms with Crippen molar-refractivity contribution in [1.29, 1.82) is 0 Å². The van der Waals surface area contributed by atoms with E-state index < -0.39 is 0 Å². The van der Waals surface area contributed by atoms with Crippen molar-refractivity contribution in [2.24, 2.45) is 0 Å². The average Bonchev–Trinajstić information content (AvgIpc) is 2.72. The lowest BCUT2D eigenvalue weighted by molar-refractivity contribution is -0.116. The molecule has 0 bridgehead atoms. The van der Waals surface area contributed by atoms with Crippen LogP contribution in [0.3, 0.4) is 0 Å². The summed E-state index contributed by atoms with van der Waals surface area (Å²) in [4.78, 5) is 14.9. The molecule has 7 heteroatoms. The second-order valence-corrected chi connectivity index (χ2v) is 6.43. The molecule has 0 radical (unpaired) electrons. The van der Waals surface area contributed by atoms with Gasteiger partial charge >= 0.3 is 0 Å². The van der Waals surface area contributed by atoms with Crippen LogP contribution in [0.5, 0.6) is 0 Å². The minimum Gasteiger partial charge on any atom is -0.368 e. The van der Waals surface area contributed by atoms with Crippen LogP contribution in [-0.4, -0.2) is 50.5 Å². The Morgan fingerprint density at radius 3 is 2.94 bits per heavy atom. The van der Waals surface area contributed by atoms with Crippen molar-refractivity contribution in [1.82, 2.24) is 14.5 Å². The maximum Gasteiger partial charge on any atom is 0.267 e. The van der Waals surface area contributed by atoms with Gasteiger partial charge in [0, 0.05) is 18.4 Å². The number of alkyl halides is 1. The molecule has 1 amide bonds. The molecule has 1 aliphatic rings. The molecule has 100 valence electrons. The van der Waals surface area contributed by atoms with Gasteiger partial charge in [-0.15, -0.1) is 5.10 Å². The van der Waals surface area contributed by atoms with Crippen molar-refractivity contribution in [2.45, 2.75) is 32.5 Å². The predicted octanol–water partition coefficient (Wildman–Crippen LogP) is 1.86. The summed E-state index contributed by atoms with van der Waals surface area (Å²) in [7, 11) is 0. The van der Waals surface area contributed by atoms with Gasteiger partial charge in [-0.2, -0.15) is 0 Å². The molecule has 2 rings (SSSR count). The molecular formula is C11H16BrN3O2S. The van der Waals surface area contributed by atoms with Crippen molar-refractivity contribution in [2.75, 3.05) is 18.4 Å². The molecule has 18 heavy (non-hydrogen) atoms. The summed E-state index contributed by atoms with van der Waals surface area (Å²) in [5, 5.41) is 4.61. The lowest BCUT2D eigenvalue weighted by Gasteiger charge is -2.42. The van der Waals surface area contributed by atoms with Crippen LogP contribution in [0.2, 0.25) is 0 Å². The first kappa shape index (κ1) is 13.9. The summed E-state index contributed by atoms with van der Waals surface area (Å²) < 4.78 is 9.70. The van der Waals surface area contributed by atoms with Gasteiger partial charge < -0.3 is 9.64 Å². The van der Waals surface area contributed by atoms with Crippen LogP contribution in [0, 0.1) is 6.92 Å². The number of aromatic nitrogens is 2. The first-order valence-corrected chi connectivity index (χ1v) is 7.64. The fourth-order valence-corrected chi connectivity index (χ4v) is 3.06. The van der Waals surface area contributed by atoms with Crippen LogP contribution in [0.25, 0.3) is 0 Å². The molecule has 0 spiro atoms. The van der Waals surface area contributed by atoms with Gasteiger partial charge in [-0.05, 0) is 32.3 Å². The number of ether oxygens (including phenoxy) is 1. The van der Waals surface area contributed by atoms with Crippen LogP contribution in [0.4, 0.5) is 0 Å². The quantitative estimate of drug-likeness (QED) is 0.775. The van der Waals surface area contributed by atoms with Gasteiger partial charge in [0.15, 0.2) is 0 Å². The van der Waals surface area contributed by atoms with Gasteiger partial charge in [-0.1, -0.05) is 20.4 Å². The van der Waals surface area contributed by atoms with Crippen LogP contribution in [-0.2, 0) is 4.74 Å². The number of halogens is 1. The highest BCUT2D eigenvalue weighted by Gasteiger charge is 2.36. The Balaban J connectivity index is 2.17. The van der Waals surface area contributed by atoms with Gasteiger partial charge in [-0.25, -0.2) is 0 Å². The molecule has 1 saturated heterocycles. The maximum absolute atomic E-state index is 12.4. The van der Waals surface area contributed by atoms with Gasteiger partial charge in [0.05, 0.1) is 17.4 Å². The van der Waals surface area contributed by atoms with Gasteiger partial charge in [-0.3, -0.25) is 4.79 Å². The minimum atomic E-state index is -0.321. The summed E-state index contributed by atoms with van der Waals surface area (Å²) in [6, 6.07) is 0. The molecule has 0 N–H and O–H groups in total. The molecule has 5 nitrogen and oxygen atoms in total. The largest absolute Gasteiger partial charge is 0.368 e. The fraction of sp³-hybridized carbons (Fsp3) is 0.727. The number of aryl methyl sites for hydroxylation is 1. The number of hydrogen-bond donors (Lipinski definition) is 0. The van der Waals surface area contributed by atoms with Crippen molar-refractivity contribution in [3.8, 4) is 0 Å². The fourth-order valence-electron chi connectivity index (χ4n) is 2.10. The smallest absolute Gasteiger partial charge is 0.267 e. The molecule has 0 saturated carbocycles. The van der Waals surface area contributed by atoms with E-state index in [4.69, 9.17) is 4.74 Å². The Hall–Kier alpha value is -0.530. The maximum atomic E-state index is 12.4. The molecule has 0 aromatic carbocycles. The monoisotopic (exact) mass is 333 g/mol. The predicted molar refractivity (Wildman–Crippen MR) is 73.3 cm³/mol. The highest BCUT2D eigenvalue weighted by molar-refractivity contribution is 9.09. The summed E-state index contributed by atoms with van der Waals surface area (Å²) >= 11 is 4.57. The van der Waals surface area contributed by atoms with Crippen LogP contribution < -0.4 is 0 Å². The normalized spacial score (nSPS) is 23.1. The number of morpholine rings is 1. The van der Waals surface area contributed by atoms with E-state index >= 15 is 0 Å². The molecule has 1 atom stereocenters. The average molecular weight is 334 g/mol. The molecule has 1 fully saturated rings. The van der Waals surface area contributed by atoms with Gasteiger partial charge in [0.1, 0.15) is 4.88 Å². The van der Waals surface area contributed by atoms with E-state index in [1.165, 1.54) is 0 Å². The Morgan fingerprint density at radius 2 is 2.39 bits per heavy atom. The number of rotatable bonds is 2. The highest BCUT2D eigenvalue weighted by atomic mass is 79.9. The van der Waals surface area contributed by atoms with E-state index in [1.54, 1.807) is 0 Å². The third-order valence-electron chi connectivity index (χ3n) is 2.79. The summed E-state index contributed by atoms with van der Waals surface area (Å²) in [5.74, 6) is 0.00447. The standard InChI is InChI=1S/C11H16BrN3O2S/c1-7-9(18-14-13-7)10(16)15-5-8(4-12)17-11(2,3)6-15/h8H,4-6H2,1-3H3. The van der Waals surface area contributed by atoms with Crippen LogP contribution in [0.1, 0.15) is 29.2 Å². The number of nitrogens with zero attached hydrogens (tertiary/aromatic N) is 3. The first-order valence-electron chi connectivity index (χ1n) is 5.75. The second-order valence-electron chi connectivity index (χ2n) is 5.03. The molecule has 1 aromatic heterocycles. The van der Waals surface area contributed by atoms with Gasteiger partial charge in [0.25, 0.3) is 5.91 Å². The zero-order valence-electron chi connectivity index (χ0n) is 10.6. The van der Waals surface area contributed by atoms with E-state index in [9.17, 15) is 4.79 Å². The summed E-state index contributed by atoms with van der Waals surface area (Å²) in [5.41, 5.74) is 0.378. The Morgan fingerprint density at radius 1 is 1.67 bits per heavy atom. The van der Waals surface area contributed by atoms with E-state index in [0.29, 0.717) is 23.7 Å². The number of carbonyl (C=O) groups is 1. The van der Waals surface area contributed by atoms with E-state index in [2.05, 4.69) is 25.5 Å². The molecule has 1 aliphatic heterocycles. The van der Waals surface area contributed by atoms with E-state index in [-0.39, 0.29) is 17.6 Å². The molecule has 2 heterocycles. The van der Waals surface area contributed by atoms with Crippen molar-refractivity contribution in [3.05, 3.63) is 10.6 Å². The summed E-state index contributed by atoms with van der Waals surface area (Å²) in [6.45, 7) is 7.00. The zero-order chi connectivity index (χ0) is 13.3. The molecular weight excluding hydrogens is 318 g/mol. The van der Waals surface area contributed by atoms with Crippen molar-refractivity contribution in [3.63, 3.8) is 0 Å². The Bertz CT molecular complexity index is 449. The summed E-state index contributed by atoms with van der Waals surface area (Å²) in [6.07, 6.45) is 0.0267.